The molecule has 3 rings (SSSR count). The molecular weight excluding hydrogens is 347 g/mol. The average Bonchev–Trinajstić information content (AvgIpc) is 3.24. The minimum atomic E-state index is -0.282. The molecule has 1 atom stereocenters. The van der Waals surface area contributed by atoms with Crippen molar-refractivity contribution in [3.8, 4) is 0 Å². The summed E-state index contributed by atoms with van der Waals surface area (Å²) in [6.07, 6.45) is 2.66. The van der Waals surface area contributed by atoms with Crippen LogP contribution in [-0.2, 0) is 11.8 Å². The maximum atomic E-state index is 10.6. The Morgan fingerprint density at radius 3 is 2.21 bits per heavy atom. The van der Waals surface area contributed by atoms with Gasteiger partial charge in [-0.2, -0.15) is 0 Å². The van der Waals surface area contributed by atoms with Gasteiger partial charge >= 0.3 is 0 Å². The Morgan fingerprint density at radius 2 is 1.63 bits per heavy atom. The molecule has 1 N–H and O–H groups in total. The van der Waals surface area contributed by atoms with Crippen molar-refractivity contribution in [3.05, 3.63) is 69.3 Å². The lowest BCUT2D eigenvalue weighted by molar-refractivity contribution is 0.131. The smallest absolute Gasteiger partial charge is 0.0677 e. The standard InChI is InChI=1S/C17H17IO/c18-15-8-6-13(7-9-15)12-16(19)17(10-11-17)14-4-2-1-3-5-14/h1-9,16,19H,10-12H2. The van der Waals surface area contributed by atoms with Gasteiger partial charge in [0.05, 0.1) is 6.10 Å². The molecule has 1 fully saturated rings. The molecule has 1 unspecified atom stereocenters. The first-order valence-corrected chi connectivity index (χ1v) is 7.77. The Hall–Kier alpha value is -0.870. The van der Waals surface area contributed by atoms with Gasteiger partial charge in [0.2, 0.25) is 0 Å². The topological polar surface area (TPSA) is 20.2 Å². The van der Waals surface area contributed by atoms with E-state index in [0.29, 0.717) is 0 Å². The third-order valence-electron chi connectivity index (χ3n) is 4.12. The van der Waals surface area contributed by atoms with Gasteiger partial charge in [0.1, 0.15) is 0 Å². The lowest BCUT2D eigenvalue weighted by Crippen LogP contribution is -2.28. The van der Waals surface area contributed by atoms with Crippen LogP contribution in [0.5, 0.6) is 0 Å². The Balaban J connectivity index is 1.77. The van der Waals surface area contributed by atoms with Crippen LogP contribution in [0.1, 0.15) is 24.0 Å². The number of aliphatic hydroxyl groups is 1. The summed E-state index contributed by atoms with van der Waals surface area (Å²) in [5, 5.41) is 10.6. The van der Waals surface area contributed by atoms with E-state index in [1.807, 2.05) is 6.07 Å². The van der Waals surface area contributed by atoms with Gasteiger partial charge in [-0.25, -0.2) is 0 Å². The molecule has 0 amide bonds. The van der Waals surface area contributed by atoms with E-state index in [0.717, 1.165) is 19.3 Å². The molecule has 0 saturated heterocycles. The van der Waals surface area contributed by atoms with Crippen LogP contribution in [0, 0.1) is 3.57 Å². The number of benzene rings is 2. The first kappa shape index (κ1) is 13.1. The van der Waals surface area contributed by atoms with Gasteiger partial charge in [-0.1, -0.05) is 42.5 Å². The molecule has 2 heteroatoms. The van der Waals surface area contributed by atoms with Crippen molar-refractivity contribution in [1.29, 1.82) is 0 Å². The number of halogens is 1. The molecule has 19 heavy (non-hydrogen) atoms. The fourth-order valence-corrected chi connectivity index (χ4v) is 3.12. The minimum absolute atomic E-state index is 0.00422. The summed E-state index contributed by atoms with van der Waals surface area (Å²) in [6, 6.07) is 18.9. The van der Waals surface area contributed by atoms with E-state index in [1.54, 1.807) is 0 Å². The van der Waals surface area contributed by atoms with Crippen LogP contribution in [0.25, 0.3) is 0 Å². The van der Waals surface area contributed by atoms with Crippen molar-refractivity contribution in [2.45, 2.75) is 30.8 Å². The van der Waals surface area contributed by atoms with Gasteiger partial charge in [-0.3, -0.25) is 0 Å². The van der Waals surface area contributed by atoms with Crippen molar-refractivity contribution >= 4 is 22.6 Å². The van der Waals surface area contributed by atoms with Crippen LogP contribution in [0.2, 0.25) is 0 Å². The highest BCUT2D eigenvalue weighted by Crippen LogP contribution is 2.51. The van der Waals surface area contributed by atoms with Crippen molar-refractivity contribution in [3.63, 3.8) is 0 Å². The molecule has 0 bridgehead atoms. The van der Waals surface area contributed by atoms with Gasteiger partial charge < -0.3 is 5.11 Å². The first-order valence-electron chi connectivity index (χ1n) is 6.69. The van der Waals surface area contributed by atoms with E-state index >= 15 is 0 Å². The van der Waals surface area contributed by atoms with Crippen molar-refractivity contribution in [1.82, 2.24) is 0 Å². The second-order valence-electron chi connectivity index (χ2n) is 5.37. The van der Waals surface area contributed by atoms with Crippen LogP contribution in [0.3, 0.4) is 0 Å². The predicted molar refractivity (Wildman–Crippen MR) is 86.2 cm³/mol. The molecular formula is C17H17IO. The molecule has 1 aliphatic carbocycles. The van der Waals surface area contributed by atoms with E-state index in [4.69, 9.17) is 0 Å². The molecule has 2 aromatic rings. The molecule has 0 heterocycles. The van der Waals surface area contributed by atoms with Crippen LogP contribution >= 0.6 is 22.6 Å². The van der Waals surface area contributed by atoms with Gasteiger partial charge in [-0.05, 0) is 65.1 Å². The summed E-state index contributed by atoms with van der Waals surface area (Å²) in [4.78, 5) is 0. The van der Waals surface area contributed by atoms with Crippen molar-refractivity contribution in [2.75, 3.05) is 0 Å². The molecule has 1 nitrogen and oxygen atoms in total. The van der Waals surface area contributed by atoms with Crippen LogP contribution in [0.4, 0.5) is 0 Å². The number of rotatable bonds is 4. The third-order valence-corrected chi connectivity index (χ3v) is 4.84. The number of hydrogen-bond donors (Lipinski definition) is 1. The van der Waals surface area contributed by atoms with E-state index in [1.165, 1.54) is 14.7 Å². The zero-order valence-electron chi connectivity index (χ0n) is 10.7. The molecule has 1 aliphatic rings. The third kappa shape index (κ3) is 2.70. The highest BCUT2D eigenvalue weighted by atomic mass is 127. The molecule has 1 saturated carbocycles. The second-order valence-corrected chi connectivity index (χ2v) is 6.61. The Bertz CT molecular complexity index is 543. The van der Waals surface area contributed by atoms with Gasteiger partial charge in [0, 0.05) is 8.99 Å². The van der Waals surface area contributed by atoms with Gasteiger partial charge in [0.15, 0.2) is 0 Å². The molecule has 0 radical (unpaired) electrons. The monoisotopic (exact) mass is 364 g/mol. The molecule has 0 spiro atoms. The summed E-state index contributed by atoms with van der Waals surface area (Å²) in [7, 11) is 0. The van der Waals surface area contributed by atoms with Gasteiger partial charge in [-0.15, -0.1) is 0 Å². The normalized spacial score (nSPS) is 18.0. The number of hydrogen-bond acceptors (Lipinski definition) is 1. The summed E-state index contributed by atoms with van der Waals surface area (Å²) in [6.45, 7) is 0. The van der Waals surface area contributed by atoms with E-state index in [-0.39, 0.29) is 11.5 Å². The van der Waals surface area contributed by atoms with Crippen molar-refractivity contribution in [2.24, 2.45) is 0 Å². The highest BCUT2D eigenvalue weighted by molar-refractivity contribution is 14.1. The minimum Gasteiger partial charge on any atom is -0.392 e. The largest absolute Gasteiger partial charge is 0.392 e. The Labute approximate surface area is 127 Å². The maximum Gasteiger partial charge on any atom is 0.0677 e. The molecule has 0 aliphatic heterocycles. The SMILES string of the molecule is OC(Cc1ccc(I)cc1)C1(c2ccccc2)CC1. The van der Waals surface area contributed by atoms with Crippen LogP contribution in [-0.4, -0.2) is 11.2 Å². The summed E-state index contributed by atoms with van der Waals surface area (Å²) >= 11 is 2.31. The summed E-state index contributed by atoms with van der Waals surface area (Å²) < 4.78 is 1.24. The molecule has 2 aromatic carbocycles. The zero-order chi connectivity index (χ0) is 13.3. The second kappa shape index (κ2) is 5.25. The fraction of sp³-hybridized carbons (Fsp3) is 0.294. The lowest BCUT2D eigenvalue weighted by Gasteiger charge is -2.23. The highest BCUT2D eigenvalue weighted by Gasteiger charge is 2.49. The first-order chi connectivity index (χ1) is 9.21. The van der Waals surface area contributed by atoms with Crippen molar-refractivity contribution < 1.29 is 5.11 Å². The zero-order valence-corrected chi connectivity index (χ0v) is 12.9. The maximum absolute atomic E-state index is 10.6. The van der Waals surface area contributed by atoms with Gasteiger partial charge in [0.25, 0.3) is 0 Å². The molecule has 0 aromatic heterocycles. The quantitative estimate of drug-likeness (QED) is 0.816. The Kier molecular flexibility index (Phi) is 3.63. The van der Waals surface area contributed by atoms with E-state index in [9.17, 15) is 5.11 Å². The van der Waals surface area contributed by atoms with E-state index in [2.05, 4.69) is 71.1 Å². The molecule has 98 valence electrons. The summed E-state index contributed by atoms with van der Waals surface area (Å²) in [5.41, 5.74) is 2.51. The van der Waals surface area contributed by atoms with Crippen LogP contribution < -0.4 is 0 Å². The Morgan fingerprint density at radius 1 is 1.00 bits per heavy atom. The summed E-state index contributed by atoms with van der Waals surface area (Å²) in [5.74, 6) is 0. The predicted octanol–water partition coefficient (Wildman–Crippen LogP) is 3.93. The fourth-order valence-electron chi connectivity index (χ4n) is 2.76. The average molecular weight is 364 g/mol. The lowest BCUT2D eigenvalue weighted by atomic mass is 9.86. The van der Waals surface area contributed by atoms with Crippen LogP contribution in [0.15, 0.2) is 54.6 Å². The van der Waals surface area contributed by atoms with E-state index < -0.39 is 0 Å². The number of aliphatic hydroxyl groups excluding tert-OH is 1.